The average molecular weight is 354 g/mol. The third-order valence-electron chi connectivity index (χ3n) is 4.31. The zero-order valence-corrected chi connectivity index (χ0v) is 14.7. The number of rotatable bonds is 6. The molecule has 1 amide bonds. The van der Waals surface area contributed by atoms with Crippen molar-refractivity contribution in [2.45, 2.75) is 52.6 Å². The molecule has 0 radical (unpaired) electrons. The van der Waals surface area contributed by atoms with Crippen LogP contribution in [0.3, 0.4) is 0 Å². The number of halogens is 2. The van der Waals surface area contributed by atoms with Crippen molar-refractivity contribution in [1.82, 2.24) is 20.1 Å². The minimum Gasteiger partial charge on any atom is -0.346 e. The summed E-state index contributed by atoms with van der Waals surface area (Å²) in [5, 5.41) is 9.75. The molecule has 1 saturated carbocycles. The van der Waals surface area contributed by atoms with E-state index in [0.717, 1.165) is 23.5 Å². The molecule has 1 fully saturated rings. The van der Waals surface area contributed by atoms with Crippen LogP contribution in [0.4, 0.5) is 8.78 Å². The number of aryl methyl sites for hydroxylation is 2. The Labute approximate surface area is 143 Å². The van der Waals surface area contributed by atoms with Gasteiger partial charge in [0.05, 0.1) is 18.2 Å². The third kappa shape index (κ3) is 3.48. The van der Waals surface area contributed by atoms with Gasteiger partial charge in [-0.1, -0.05) is 0 Å². The zero-order chi connectivity index (χ0) is 17.4. The lowest BCUT2D eigenvalue weighted by molar-refractivity contribution is -0.121. The van der Waals surface area contributed by atoms with Gasteiger partial charge in [0.1, 0.15) is 5.01 Å². The van der Waals surface area contributed by atoms with Crippen molar-refractivity contribution in [3.63, 3.8) is 0 Å². The molecule has 1 atom stereocenters. The Balaban J connectivity index is 1.73. The first-order valence-electron chi connectivity index (χ1n) is 7.91. The Bertz CT molecular complexity index is 751. The van der Waals surface area contributed by atoms with E-state index in [2.05, 4.69) is 15.4 Å². The molecular formula is C16H20F2N4OS. The fourth-order valence-electron chi connectivity index (χ4n) is 2.85. The van der Waals surface area contributed by atoms with Crippen LogP contribution < -0.4 is 5.32 Å². The molecule has 130 valence electrons. The number of hydrogen-bond acceptors (Lipinski definition) is 4. The molecule has 1 unspecified atom stereocenters. The highest BCUT2D eigenvalue weighted by Gasteiger charge is 2.35. The lowest BCUT2D eigenvalue weighted by atomic mass is 10.1. The second-order valence-electron chi connectivity index (χ2n) is 6.26. The Hall–Kier alpha value is -1.83. The van der Waals surface area contributed by atoms with Crippen LogP contribution in [0.25, 0.3) is 0 Å². The number of hydrogen-bond donors (Lipinski definition) is 1. The molecule has 3 rings (SSSR count). The summed E-state index contributed by atoms with van der Waals surface area (Å²) in [5.74, 6) is 0.241. The predicted octanol–water partition coefficient (Wildman–Crippen LogP) is 3.47. The highest BCUT2D eigenvalue weighted by molar-refractivity contribution is 7.09. The average Bonchev–Trinajstić information content (AvgIpc) is 3.21. The summed E-state index contributed by atoms with van der Waals surface area (Å²) in [4.78, 5) is 16.9. The van der Waals surface area contributed by atoms with Gasteiger partial charge in [0.15, 0.2) is 0 Å². The molecule has 2 aromatic heterocycles. The molecule has 0 aliphatic heterocycles. The molecule has 2 heterocycles. The minimum atomic E-state index is -2.70. The van der Waals surface area contributed by atoms with E-state index in [1.54, 1.807) is 25.2 Å². The summed E-state index contributed by atoms with van der Waals surface area (Å²) in [5.41, 5.74) is 2.32. The maximum atomic E-state index is 12.9. The number of carbonyl (C=O) groups is 1. The van der Waals surface area contributed by atoms with Gasteiger partial charge in [0.25, 0.3) is 0 Å². The highest BCUT2D eigenvalue weighted by Crippen LogP contribution is 2.41. The molecule has 24 heavy (non-hydrogen) atoms. The van der Waals surface area contributed by atoms with Crippen LogP contribution in [0.15, 0.2) is 5.38 Å². The Kier molecular flexibility index (Phi) is 4.67. The molecule has 0 bridgehead atoms. The van der Waals surface area contributed by atoms with Crippen LogP contribution in [-0.4, -0.2) is 20.7 Å². The lowest BCUT2D eigenvalue weighted by Gasteiger charge is -2.16. The summed E-state index contributed by atoms with van der Waals surface area (Å²) >= 11 is 1.55. The van der Waals surface area contributed by atoms with Crippen LogP contribution in [0, 0.1) is 26.7 Å². The predicted molar refractivity (Wildman–Crippen MR) is 87.1 cm³/mol. The topological polar surface area (TPSA) is 59.8 Å². The molecule has 8 heteroatoms. The second-order valence-corrected chi connectivity index (χ2v) is 7.15. The first-order chi connectivity index (χ1) is 11.4. The lowest BCUT2D eigenvalue weighted by Crippen LogP contribution is -2.31. The summed E-state index contributed by atoms with van der Waals surface area (Å²) in [6.45, 7) is 2.45. The summed E-state index contributed by atoms with van der Waals surface area (Å²) < 4.78 is 26.5. The van der Waals surface area contributed by atoms with E-state index in [1.165, 1.54) is 0 Å². The van der Waals surface area contributed by atoms with Crippen molar-refractivity contribution < 1.29 is 13.6 Å². The number of amides is 1. The van der Waals surface area contributed by atoms with Gasteiger partial charge in [-0.3, -0.25) is 4.79 Å². The van der Waals surface area contributed by atoms with Crippen molar-refractivity contribution in [2.24, 2.45) is 5.92 Å². The van der Waals surface area contributed by atoms with Gasteiger partial charge in [-0.05, 0) is 39.5 Å². The Morgan fingerprint density at radius 2 is 2.12 bits per heavy atom. The summed E-state index contributed by atoms with van der Waals surface area (Å²) in [6.07, 6.45) is 2.20. The van der Waals surface area contributed by atoms with Gasteiger partial charge in [-0.25, -0.2) is 9.67 Å². The number of nitrogens with zero attached hydrogens (tertiary/aromatic N) is 3. The number of carbonyl (C=O) groups excluding carboxylic acids is 1. The number of alkyl halides is 2. The van der Waals surface area contributed by atoms with Crippen LogP contribution >= 0.6 is 11.3 Å². The van der Waals surface area contributed by atoms with Crippen molar-refractivity contribution >= 4 is 17.2 Å². The molecule has 0 aromatic carbocycles. The first kappa shape index (κ1) is 17.0. The monoisotopic (exact) mass is 354 g/mol. The quantitative estimate of drug-likeness (QED) is 0.864. The van der Waals surface area contributed by atoms with Gasteiger partial charge in [-0.15, -0.1) is 11.3 Å². The fourth-order valence-corrected chi connectivity index (χ4v) is 3.79. The highest BCUT2D eigenvalue weighted by atomic mass is 32.1. The SMILES string of the molecule is Cc1csc(C(NC(=O)Cc2c(C)nn(C(F)F)c2C)C2CC2)n1. The molecule has 1 aliphatic carbocycles. The van der Waals surface area contributed by atoms with Crippen molar-refractivity contribution in [2.75, 3.05) is 0 Å². The van der Waals surface area contributed by atoms with Crippen LogP contribution in [0.2, 0.25) is 0 Å². The van der Waals surface area contributed by atoms with Crippen molar-refractivity contribution in [3.05, 3.63) is 33.0 Å². The second kappa shape index (κ2) is 6.58. The third-order valence-corrected chi connectivity index (χ3v) is 5.36. The van der Waals surface area contributed by atoms with Gasteiger partial charge in [0, 0.05) is 22.3 Å². The minimum absolute atomic E-state index is 0.0535. The van der Waals surface area contributed by atoms with Crippen LogP contribution in [0.5, 0.6) is 0 Å². The smallest absolute Gasteiger partial charge is 0.333 e. The Morgan fingerprint density at radius 3 is 2.62 bits per heavy atom. The van der Waals surface area contributed by atoms with Crippen LogP contribution in [0.1, 0.15) is 53.1 Å². The van der Waals surface area contributed by atoms with E-state index in [0.29, 0.717) is 27.6 Å². The molecule has 1 N–H and O–H groups in total. The van der Waals surface area contributed by atoms with Gasteiger partial charge in [-0.2, -0.15) is 13.9 Å². The normalized spacial score (nSPS) is 15.8. The number of nitrogens with one attached hydrogen (secondary N) is 1. The molecule has 1 aliphatic rings. The van der Waals surface area contributed by atoms with Crippen molar-refractivity contribution in [1.29, 1.82) is 0 Å². The molecule has 0 spiro atoms. The van der Waals surface area contributed by atoms with E-state index in [9.17, 15) is 13.6 Å². The van der Waals surface area contributed by atoms with E-state index < -0.39 is 6.55 Å². The zero-order valence-electron chi connectivity index (χ0n) is 13.8. The van der Waals surface area contributed by atoms with Gasteiger partial charge < -0.3 is 5.32 Å². The molecular weight excluding hydrogens is 334 g/mol. The van der Waals surface area contributed by atoms with Gasteiger partial charge >= 0.3 is 6.55 Å². The number of aromatic nitrogens is 3. The van der Waals surface area contributed by atoms with E-state index >= 15 is 0 Å². The summed E-state index contributed by atoms with van der Waals surface area (Å²) in [7, 11) is 0. The van der Waals surface area contributed by atoms with Crippen LogP contribution in [-0.2, 0) is 11.2 Å². The maximum Gasteiger partial charge on any atom is 0.333 e. The van der Waals surface area contributed by atoms with E-state index in [-0.39, 0.29) is 18.4 Å². The van der Waals surface area contributed by atoms with E-state index in [1.807, 2.05) is 12.3 Å². The fraction of sp³-hybridized carbons (Fsp3) is 0.562. The largest absolute Gasteiger partial charge is 0.346 e. The first-order valence-corrected chi connectivity index (χ1v) is 8.79. The molecule has 0 saturated heterocycles. The molecule has 2 aromatic rings. The standard InChI is InChI=1S/C16H20F2N4OS/c1-8-7-24-15(19-8)14(11-4-5-11)20-13(23)6-12-9(2)21-22(10(12)3)16(17)18/h7,11,14,16H,4-6H2,1-3H3,(H,20,23). The Morgan fingerprint density at radius 1 is 1.42 bits per heavy atom. The summed E-state index contributed by atoms with van der Waals surface area (Å²) in [6, 6.07) is -0.0815. The van der Waals surface area contributed by atoms with Gasteiger partial charge in [0.2, 0.25) is 5.91 Å². The van der Waals surface area contributed by atoms with Crippen molar-refractivity contribution in [3.8, 4) is 0 Å². The maximum absolute atomic E-state index is 12.9. The van der Waals surface area contributed by atoms with E-state index in [4.69, 9.17) is 0 Å². The molecule has 5 nitrogen and oxygen atoms in total. The number of thiazole rings is 1.